The van der Waals surface area contributed by atoms with Gasteiger partial charge in [-0.05, 0) is 63.3 Å². The predicted molar refractivity (Wildman–Crippen MR) is 406 cm³/mol. The van der Waals surface area contributed by atoms with E-state index < -0.39 is 139 Å². The summed E-state index contributed by atoms with van der Waals surface area (Å²) in [5.74, 6) is -4.24. The van der Waals surface area contributed by atoms with Gasteiger partial charge in [0.25, 0.3) is 0 Å². The molecular weight excluding hydrogens is 1560 g/mol. The van der Waals surface area contributed by atoms with Crippen LogP contribution in [0.2, 0.25) is 0 Å². The highest BCUT2D eigenvalue weighted by Gasteiger charge is 2.46. The van der Waals surface area contributed by atoms with Crippen LogP contribution in [0.15, 0.2) is 5.11 Å². The van der Waals surface area contributed by atoms with Crippen molar-refractivity contribution in [1.29, 1.82) is 0 Å². The number of hydrogen-bond donors (Lipinski definition) is 16. The highest BCUT2D eigenvalue weighted by Crippen LogP contribution is 2.25. The first kappa shape index (κ1) is 104. The Hall–Kier alpha value is -6.87. The summed E-state index contributed by atoms with van der Waals surface area (Å²) in [6.07, 6.45) is -11.3. The average molecular weight is 1690 g/mol. The third-order valence-corrected chi connectivity index (χ3v) is 17.8. The minimum absolute atomic E-state index is 0.0430. The Labute approximate surface area is 680 Å². The maximum Gasteiger partial charge on any atom is 0.302 e. The van der Waals surface area contributed by atoms with E-state index in [1.54, 1.807) is 0 Å². The van der Waals surface area contributed by atoms with Gasteiger partial charge in [0.1, 0.15) is 80.3 Å². The molecule has 3 saturated heterocycles. The minimum Gasteiger partial charge on any atom is -0.463 e. The number of unbranched alkanes of at least 4 members (excludes halogenated alkanes) is 3. The molecular formula is C72H129N13O32. The number of nitrogens with zero attached hydrogens (tertiary/aromatic N) is 3. The molecule has 0 radical (unpaired) electrons. The SMILES string of the molecule is CC(=O)OCC1OC(OCCCCC(=O)NCCCNC(=O)CCOCC(COCCC(=O)NCCCNC(=O)CCCCOC2OC(COC(C)=O)C(O)C(O)C2N)(COCCC(=O)NCCCNC(=O)CCCCOC2OC(COC(C)=O)C(O)C(O)C2N)NC(=O)CCOCCOCCOCCOCCN=[N+]=[N-])C(N)C(O)C1O. The molecule has 674 valence electrons. The van der Waals surface area contributed by atoms with Gasteiger partial charge in [-0.1, -0.05) is 5.11 Å². The van der Waals surface area contributed by atoms with Crippen molar-refractivity contribution in [2.24, 2.45) is 22.3 Å². The number of ether oxygens (including phenoxy) is 16. The van der Waals surface area contributed by atoms with Crippen LogP contribution in [0, 0.1) is 0 Å². The van der Waals surface area contributed by atoms with Gasteiger partial charge in [0.2, 0.25) is 41.4 Å². The van der Waals surface area contributed by atoms with Crippen LogP contribution in [0.25, 0.3) is 10.4 Å². The van der Waals surface area contributed by atoms with Crippen LogP contribution >= 0.6 is 0 Å². The summed E-state index contributed by atoms with van der Waals surface area (Å²) < 4.78 is 88.8. The smallest absolute Gasteiger partial charge is 0.302 e. The summed E-state index contributed by atoms with van der Waals surface area (Å²) in [5.41, 5.74) is 24.8. The van der Waals surface area contributed by atoms with E-state index in [-0.39, 0.29) is 227 Å². The molecule has 15 unspecified atom stereocenters. The van der Waals surface area contributed by atoms with Gasteiger partial charge in [-0.15, -0.1) is 0 Å². The van der Waals surface area contributed by atoms with Crippen LogP contribution in [0.4, 0.5) is 0 Å². The van der Waals surface area contributed by atoms with Crippen molar-refractivity contribution in [3.63, 3.8) is 0 Å². The van der Waals surface area contributed by atoms with Crippen molar-refractivity contribution in [2.45, 2.75) is 221 Å². The summed E-state index contributed by atoms with van der Waals surface area (Å²) in [6.45, 7) is 4.81. The standard InChI is InChI=1S/C72H129N13O32/c1-47(86)112-41-50-63(96)66(99)60(73)69(115-50)109-27-7-4-13-53(89)77-20-10-23-80-56(92)16-31-106-44-72(84-59(95)19-30-102-35-37-104-39-40-105-38-36-103-34-26-83-85-76,45-107-32-17-57(93)81-24-11-21-78-54(90)14-5-8-28-110-70-61(74)67(100)64(97)51(116-70)42-113-48(2)87)46-108-33-18-58(94)82-25-12-22-79-55(91)15-6-9-29-111-71-62(75)68(101)65(98)52(117-71)43-114-49(3)88/h50-52,60-71,96-101H,4-46,73-75H2,1-3H3,(H,77,89)(H,78,90)(H,79,91)(H,80,92)(H,81,93)(H,82,94)(H,84,95). The van der Waals surface area contributed by atoms with E-state index in [9.17, 15) is 78.6 Å². The summed E-state index contributed by atoms with van der Waals surface area (Å²) >= 11 is 0. The quantitative estimate of drug-likeness (QED) is 0.00674. The van der Waals surface area contributed by atoms with Gasteiger partial charge in [-0.3, -0.25) is 47.9 Å². The van der Waals surface area contributed by atoms with Gasteiger partial charge in [-0.2, -0.15) is 0 Å². The number of hydrogen-bond acceptors (Lipinski definition) is 36. The summed E-state index contributed by atoms with van der Waals surface area (Å²) in [5, 5.41) is 85.0. The molecule has 45 heteroatoms. The zero-order valence-electron chi connectivity index (χ0n) is 67.4. The number of rotatable bonds is 67. The molecule has 0 spiro atoms. The molecule has 3 aliphatic rings. The molecule has 117 heavy (non-hydrogen) atoms. The summed E-state index contributed by atoms with van der Waals surface area (Å²) in [4.78, 5) is 127. The molecule has 19 N–H and O–H groups in total. The van der Waals surface area contributed by atoms with Crippen LogP contribution < -0.4 is 54.4 Å². The van der Waals surface area contributed by atoms with E-state index in [1.807, 2.05) is 0 Å². The molecule has 0 saturated carbocycles. The number of esters is 3. The number of amides is 7. The van der Waals surface area contributed by atoms with E-state index in [0.717, 1.165) is 0 Å². The largest absolute Gasteiger partial charge is 0.463 e. The van der Waals surface area contributed by atoms with E-state index >= 15 is 0 Å². The lowest BCUT2D eigenvalue weighted by molar-refractivity contribution is -0.267. The number of azide groups is 1. The summed E-state index contributed by atoms with van der Waals surface area (Å²) in [7, 11) is 0. The zero-order chi connectivity index (χ0) is 86.0. The molecule has 7 amide bonds. The molecule has 3 rings (SSSR count). The van der Waals surface area contributed by atoms with Crippen molar-refractivity contribution < 1.29 is 154 Å². The third-order valence-electron chi connectivity index (χ3n) is 17.8. The van der Waals surface area contributed by atoms with E-state index in [4.69, 9.17) is 98.5 Å². The molecule has 3 aliphatic heterocycles. The highest BCUT2D eigenvalue weighted by molar-refractivity contribution is 5.79. The average Bonchev–Trinajstić information content (AvgIpc) is 0.830. The molecule has 15 atom stereocenters. The fourth-order valence-corrected chi connectivity index (χ4v) is 11.2. The second-order valence-corrected chi connectivity index (χ2v) is 27.7. The Morgan fingerprint density at radius 1 is 0.350 bits per heavy atom. The molecule has 0 aliphatic carbocycles. The normalized spacial score (nSPS) is 23.5. The zero-order valence-corrected chi connectivity index (χ0v) is 67.4. The number of aliphatic hydroxyl groups is 6. The first-order chi connectivity index (χ1) is 56.2. The van der Waals surface area contributed by atoms with Crippen molar-refractivity contribution in [3.05, 3.63) is 10.4 Å². The highest BCUT2D eigenvalue weighted by atomic mass is 16.7. The van der Waals surface area contributed by atoms with Crippen LogP contribution in [0.1, 0.15) is 124 Å². The molecule has 0 bridgehead atoms. The molecule has 0 aromatic carbocycles. The van der Waals surface area contributed by atoms with E-state index in [0.29, 0.717) is 71.0 Å². The van der Waals surface area contributed by atoms with Crippen molar-refractivity contribution in [2.75, 3.05) is 178 Å². The van der Waals surface area contributed by atoms with Gasteiger partial charge in [0.05, 0.1) is 111 Å². The van der Waals surface area contributed by atoms with Crippen molar-refractivity contribution >= 4 is 59.3 Å². The van der Waals surface area contributed by atoms with Gasteiger partial charge >= 0.3 is 17.9 Å². The van der Waals surface area contributed by atoms with Gasteiger partial charge in [-0.25, -0.2) is 0 Å². The van der Waals surface area contributed by atoms with E-state index in [1.165, 1.54) is 20.8 Å². The Kier molecular flexibility index (Phi) is 56.3. The maximum atomic E-state index is 13.8. The predicted octanol–water partition coefficient (Wildman–Crippen LogP) is -5.73. The number of aliphatic hydroxyl groups excluding tert-OH is 6. The van der Waals surface area contributed by atoms with Crippen LogP contribution in [-0.2, 0) is 124 Å². The number of nitrogens with two attached hydrogens (primary N) is 3. The molecule has 45 nitrogen and oxygen atoms in total. The Balaban J connectivity index is 1.55. The van der Waals surface area contributed by atoms with E-state index in [2.05, 4.69) is 47.2 Å². The first-order valence-electron chi connectivity index (χ1n) is 39.7. The number of carbonyl (C=O) groups excluding carboxylic acids is 10. The lowest BCUT2D eigenvalue weighted by Crippen LogP contribution is -2.62. The van der Waals surface area contributed by atoms with Crippen molar-refractivity contribution in [3.8, 4) is 0 Å². The molecule has 0 aromatic rings. The number of carbonyl (C=O) groups is 10. The lowest BCUT2D eigenvalue weighted by Gasteiger charge is -2.40. The second kappa shape index (κ2) is 63.2. The lowest BCUT2D eigenvalue weighted by atomic mass is 9.98. The number of nitrogens with one attached hydrogen (secondary N) is 7. The Morgan fingerprint density at radius 3 is 0.906 bits per heavy atom. The molecule has 3 fully saturated rings. The molecule has 0 aromatic heterocycles. The van der Waals surface area contributed by atoms with Crippen LogP contribution in [-0.4, -0.2) is 365 Å². The minimum atomic E-state index is -1.49. The first-order valence-corrected chi connectivity index (χ1v) is 39.7. The topological polar surface area (TPSA) is 651 Å². The monoisotopic (exact) mass is 1690 g/mol. The molecule has 3 heterocycles. The maximum absolute atomic E-state index is 13.8. The van der Waals surface area contributed by atoms with Crippen molar-refractivity contribution in [1.82, 2.24) is 37.2 Å². The second-order valence-electron chi connectivity index (χ2n) is 27.7. The Bertz CT molecular complexity index is 2640. The fourth-order valence-electron chi connectivity index (χ4n) is 11.2. The van der Waals surface area contributed by atoms with Crippen LogP contribution in [0.5, 0.6) is 0 Å². The van der Waals surface area contributed by atoms with Crippen LogP contribution in [0.3, 0.4) is 0 Å². The third kappa shape index (κ3) is 47.6. The Morgan fingerprint density at radius 2 is 0.615 bits per heavy atom. The van der Waals surface area contributed by atoms with Gasteiger partial charge in [0.15, 0.2) is 18.9 Å². The summed E-state index contributed by atoms with van der Waals surface area (Å²) in [6, 6.07) is -3.24. The van der Waals surface area contributed by atoms with Gasteiger partial charge < -0.3 is 161 Å². The van der Waals surface area contributed by atoms with Gasteiger partial charge in [0, 0.05) is 136 Å². The fraction of sp³-hybridized carbons (Fsp3) is 0.861.